The minimum absolute atomic E-state index is 0.0541. The molecule has 5 nitrogen and oxygen atoms in total. The van der Waals surface area contributed by atoms with Gasteiger partial charge < -0.3 is 9.30 Å². The topological polar surface area (TPSA) is 52.8 Å². The lowest BCUT2D eigenvalue weighted by molar-refractivity contribution is 0.413. The summed E-state index contributed by atoms with van der Waals surface area (Å²) in [4.78, 5) is 13.5. The lowest BCUT2D eigenvalue weighted by Gasteiger charge is -2.16. The van der Waals surface area contributed by atoms with Crippen LogP contribution in [0.25, 0.3) is 27.8 Å². The first-order valence-electron chi connectivity index (χ1n) is 10.7. The summed E-state index contributed by atoms with van der Waals surface area (Å²) in [7, 11) is 1.66. The normalized spacial score (nSPS) is 12.1. The molecule has 1 atom stereocenters. The van der Waals surface area contributed by atoms with Crippen LogP contribution >= 0.6 is 0 Å². The number of benzene rings is 3. The first kappa shape index (κ1) is 20.8. The molecule has 33 heavy (non-hydrogen) atoms. The monoisotopic (exact) mass is 438 g/mol. The van der Waals surface area contributed by atoms with E-state index in [1.165, 1.54) is 12.1 Å². The van der Waals surface area contributed by atoms with Crippen molar-refractivity contribution in [2.75, 3.05) is 7.11 Å². The van der Waals surface area contributed by atoms with E-state index in [9.17, 15) is 4.39 Å². The Morgan fingerprint density at radius 1 is 0.970 bits per heavy atom. The molecule has 5 aromatic rings. The summed E-state index contributed by atoms with van der Waals surface area (Å²) in [5.41, 5.74) is 6.60. The van der Waals surface area contributed by atoms with Crippen molar-refractivity contribution in [2.24, 2.45) is 0 Å². The summed E-state index contributed by atoms with van der Waals surface area (Å²) < 4.78 is 21.0. The van der Waals surface area contributed by atoms with Crippen molar-refractivity contribution in [1.29, 1.82) is 0 Å². The van der Waals surface area contributed by atoms with E-state index in [0.29, 0.717) is 0 Å². The van der Waals surface area contributed by atoms with Crippen LogP contribution < -0.4 is 4.74 Å². The molecular formula is C27H23FN4O. The fraction of sp³-hybridized carbons (Fsp3) is 0.148. The number of aryl methyl sites for hydroxylation is 1. The molecule has 2 heterocycles. The third-order valence-corrected chi connectivity index (χ3v) is 5.98. The maximum Gasteiger partial charge on any atom is 0.143 e. The van der Waals surface area contributed by atoms with Crippen LogP contribution in [0.1, 0.15) is 29.7 Å². The highest BCUT2D eigenvalue weighted by atomic mass is 19.1. The molecule has 1 unspecified atom stereocenters. The van der Waals surface area contributed by atoms with Gasteiger partial charge in [-0.15, -0.1) is 0 Å². The Labute approximate surface area is 191 Å². The van der Waals surface area contributed by atoms with Crippen molar-refractivity contribution in [1.82, 2.24) is 19.5 Å². The number of nitrogens with zero attached hydrogens (tertiary/aromatic N) is 4. The van der Waals surface area contributed by atoms with Gasteiger partial charge in [0.2, 0.25) is 0 Å². The summed E-state index contributed by atoms with van der Waals surface area (Å²) in [5.74, 6) is 0.544. The zero-order chi connectivity index (χ0) is 22.9. The van der Waals surface area contributed by atoms with Crippen LogP contribution in [-0.4, -0.2) is 26.6 Å². The average Bonchev–Trinajstić information content (AvgIpc) is 3.29. The largest absolute Gasteiger partial charge is 0.495 e. The predicted molar refractivity (Wildman–Crippen MR) is 127 cm³/mol. The van der Waals surface area contributed by atoms with Crippen molar-refractivity contribution in [3.8, 4) is 22.7 Å². The van der Waals surface area contributed by atoms with Crippen LogP contribution in [0.2, 0.25) is 0 Å². The van der Waals surface area contributed by atoms with Gasteiger partial charge in [0.1, 0.15) is 17.9 Å². The molecule has 0 bridgehead atoms. The van der Waals surface area contributed by atoms with E-state index in [1.807, 2.05) is 60.2 Å². The Kier molecular flexibility index (Phi) is 5.34. The molecule has 0 saturated heterocycles. The first-order valence-corrected chi connectivity index (χ1v) is 10.7. The molecule has 3 aromatic carbocycles. The highest BCUT2D eigenvalue weighted by Crippen LogP contribution is 2.35. The molecule has 0 N–H and O–H groups in total. The van der Waals surface area contributed by atoms with E-state index < -0.39 is 0 Å². The van der Waals surface area contributed by atoms with Gasteiger partial charge in [0.25, 0.3) is 0 Å². The fourth-order valence-electron chi connectivity index (χ4n) is 4.21. The third kappa shape index (κ3) is 3.84. The highest BCUT2D eigenvalue weighted by Gasteiger charge is 2.17. The summed E-state index contributed by atoms with van der Waals surface area (Å²) in [6.45, 7) is 4.06. The number of imidazole rings is 1. The molecule has 0 aliphatic carbocycles. The molecule has 6 heteroatoms. The van der Waals surface area contributed by atoms with E-state index >= 15 is 0 Å². The number of para-hydroxylation sites is 1. The molecule has 164 valence electrons. The number of fused-ring (bicyclic) bond motifs is 1. The van der Waals surface area contributed by atoms with Crippen molar-refractivity contribution in [2.45, 2.75) is 19.8 Å². The van der Waals surface area contributed by atoms with E-state index in [0.717, 1.165) is 50.4 Å². The van der Waals surface area contributed by atoms with Gasteiger partial charge in [-0.2, -0.15) is 0 Å². The second-order valence-electron chi connectivity index (χ2n) is 8.05. The maximum absolute atomic E-state index is 13.4. The third-order valence-electron chi connectivity index (χ3n) is 5.98. The van der Waals surface area contributed by atoms with E-state index in [4.69, 9.17) is 4.74 Å². The smallest absolute Gasteiger partial charge is 0.143 e. The van der Waals surface area contributed by atoms with Gasteiger partial charge in [-0.05, 0) is 42.3 Å². The fourth-order valence-corrected chi connectivity index (χ4v) is 4.21. The zero-order valence-corrected chi connectivity index (χ0v) is 18.7. The SMILES string of the molecule is COc1cc(-c2ncnc3c(C(C)c4ccc(F)cc4)cccc23)ccc1-n1cnc(C)c1. The Balaban J connectivity index is 1.61. The van der Waals surface area contributed by atoms with Gasteiger partial charge in [-0.3, -0.25) is 0 Å². The van der Waals surface area contributed by atoms with Gasteiger partial charge in [-0.1, -0.05) is 43.3 Å². The van der Waals surface area contributed by atoms with E-state index in [-0.39, 0.29) is 11.7 Å². The second kappa shape index (κ2) is 8.47. The van der Waals surface area contributed by atoms with Crippen LogP contribution in [0, 0.1) is 12.7 Å². The highest BCUT2D eigenvalue weighted by molar-refractivity contribution is 5.94. The molecule has 0 saturated carbocycles. The molecule has 2 aromatic heterocycles. The van der Waals surface area contributed by atoms with Crippen LogP contribution in [0.15, 0.2) is 79.5 Å². The van der Waals surface area contributed by atoms with Crippen LogP contribution in [-0.2, 0) is 0 Å². The number of hydrogen-bond acceptors (Lipinski definition) is 4. The molecule has 0 aliphatic heterocycles. The minimum atomic E-state index is -0.239. The summed E-state index contributed by atoms with van der Waals surface area (Å²) >= 11 is 0. The van der Waals surface area contributed by atoms with Crippen LogP contribution in [0.3, 0.4) is 0 Å². The van der Waals surface area contributed by atoms with E-state index in [1.54, 1.807) is 19.8 Å². The lowest BCUT2D eigenvalue weighted by Crippen LogP contribution is -2.00. The molecule has 0 fully saturated rings. The summed E-state index contributed by atoms with van der Waals surface area (Å²) in [5, 5.41) is 0.956. The Morgan fingerprint density at radius 2 is 1.79 bits per heavy atom. The van der Waals surface area contributed by atoms with Crippen LogP contribution in [0.4, 0.5) is 4.39 Å². The van der Waals surface area contributed by atoms with Crippen molar-refractivity contribution in [3.63, 3.8) is 0 Å². The number of methoxy groups -OCH3 is 1. The zero-order valence-electron chi connectivity index (χ0n) is 18.7. The lowest BCUT2D eigenvalue weighted by atomic mass is 9.90. The van der Waals surface area contributed by atoms with Gasteiger partial charge in [0.15, 0.2) is 0 Å². The van der Waals surface area contributed by atoms with Gasteiger partial charge in [0.05, 0.1) is 36.0 Å². The van der Waals surface area contributed by atoms with Gasteiger partial charge >= 0.3 is 0 Å². The predicted octanol–water partition coefficient (Wildman–Crippen LogP) is 6.09. The standard InChI is InChI=1S/C27H23FN4O/c1-17-14-32(16-31-17)24-12-9-20(13-25(24)33-3)26-23-6-4-5-22(27(23)30-15-29-26)18(2)19-7-10-21(28)11-8-19/h4-16,18H,1-3H3. The summed E-state index contributed by atoms with van der Waals surface area (Å²) in [6.07, 6.45) is 5.33. The molecular weight excluding hydrogens is 415 g/mol. The Morgan fingerprint density at radius 3 is 2.52 bits per heavy atom. The molecule has 0 spiro atoms. The molecule has 0 aliphatic rings. The van der Waals surface area contributed by atoms with Crippen LogP contribution in [0.5, 0.6) is 5.75 Å². The maximum atomic E-state index is 13.4. The van der Waals surface area contributed by atoms with Crippen molar-refractivity contribution < 1.29 is 9.13 Å². The average molecular weight is 439 g/mol. The molecule has 5 rings (SSSR count). The van der Waals surface area contributed by atoms with Gasteiger partial charge in [-0.25, -0.2) is 19.3 Å². The van der Waals surface area contributed by atoms with Crippen molar-refractivity contribution >= 4 is 10.9 Å². The number of halogens is 1. The number of rotatable bonds is 5. The number of hydrogen-bond donors (Lipinski definition) is 0. The van der Waals surface area contributed by atoms with Gasteiger partial charge in [0, 0.05) is 23.1 Å². The number of ether oxygens (including phenoxy) is 1. The molecule has 0 amide bonds. The van der Waals surface area contributed by atoms with E-state index in [2.05, 4.69) is 27.9 Å². The Hall–Kier alpha value is -4.06. The summed E-state index contributed by atoms with van der Waals surface area (Å²) in [6, 6.07) is 18.8. The van der Waals surface area contributed by atoms with Crippen molar-refractivity contribution in [3.05, 3.63) is 102 Å². The first-order chi connectivity index (χ1) is 16.0. The Bertz CT molecular complexity index is 1440. The quantitative estimate of drug-likeness (QED) is 0.333. The second-order valence-corrected chi connectivity index (χ2v) is 8.05. The minimum Gasteiger partial charge on any atom is -0.495 e. The molecule has 0 radical (unpaired) electrons. The number of aromatic nitrogens is 4.